The van der Waals surface area contributed by atoms with Crippen LogP contribution in [0.3, 0.4) is 0 Å². The molecule has 0 aliphatic rings. The minimum absolute atomic E-state index is 0.0463. The Morgan fingerprint density at radius 2 is 1.82 bits per heavy atom. The molecular weight excluding hydrogens is 230 g/mol. The summed E-state index contributed by atoms with van der Waals surface area (Å²) in [6.07, 6.45) is 0. The molecule has 2 nitrogen and oxygen atoms in total. The van der Waals surface area contributed by atoms with Crippen LogP contribution in [-0.4, -0.2) is 13.0 Å². The lowest BCUT2D eigenvalue weighted by Gasteiger charge is -2.17. The van der Waals surface area contributed by atoms with Crippen LogP contribution in [0.25, 0.3) is 0 Å². The second-order valence-electron chi connectivity index (χ2n) is 4.19. The van der Waals surface area contributed by atoms with Gasteiger partial charge < -0.3 is 4.90 Å². The zero-order valence-corrected chi connectivity index (χ0v) is 11.0. The SMILES string of the molecule is Cc1cc(C)cc(N(C)C(=O)c2cccs2)c1. The molecule has 0 saturated carbocycles. The summed E-state index contributed by atoms with van der Waals surface area (Å²) in [4.78, 5) is 14.6. The Labute approximate surface area is 106 Å². The predicted molar refractivity (Wildman–Crippen MR) is 73.0 cm³/mol. The molecule has 1 aromatic heterocycles. The zero-order valence-electron chi connectivity index (χ0n) is 10.2. The Morgan fingerprint density at radius 1 is 1.18 bits per heavy atom. The Bertz CT molecular complexity index is 511. The molecule has 2 rings (SSSR count). The number of anilines is 1. The van der Waals surface area contributed by atoms with E-state index in [9.17, 15) is 4.79 Å². The lowest BCUT2D eigenvalue weighted by molar-refractivity contribution is 0.0997. The minimum atomic E-state index is 0.0463. The minimum Gasteiger partial charge on any atom is -0.311 e. The topological polar surface area (TPSA) is 20.3 Å². The fraction of sp³-hybridized carbons (Fsp3) is 0.214. The summed E-state index contributed by atoms with van der Waals surface area (Å²) in [7, 11) is 1.82. The largest absolute Gasteiger partial charge is 0.311 e. The van der Waals surface area contributed by atoms with Gasteiger partial charge in [0, 0.05) is 12.7 Å². The number of aryl methyl sites for hydroxylation is 2. The van der Waals surface area contributed by atoms with Crippen molar-refractivity contribution >= 4 is 22.9 Å². The number of hydrogen-bond donors (Lipinski definition) is 0. The van der Waals surface area contributed by atoms with Crippen LogP contribution in [-0.2, 0) is 0 Å². The van der Waals surface area contributed by atoms with Crippen molar-refractivity contribution in [2.24, 2.45) is 0 Å². The van der Waals surface area contributed by atoms with Crippen LogP contribution < -0.4 is 4.90 Å². The number of rotatable bonds is 2. The molecule has 1 amide bonds. The van der Waals surface area contributed by atoms with Gasteiger partial charge in [0.15, 0.2) is 0 Å². The standard InChI is InChI=1S/C14H15NOS/c1-10-7-11(2)9-12(8-10)15(3)14(16)13-5-4-6-17-13/h4-9H,1-3H3. The highest BCUT2D eigenvalue weighted by atomic mass is 32.1. The van der Waals surface area contributed by atoms with Gasteiger partial charge in [-0.1, -0.05) is 12.1 Å². The molecule has 0 fully saturated rings. The van der Waals surface area contributed by atoms with Crippen LogP contribution in [0.1, 0.15) is 20.8 Å². The molecule has 0 radical (unpaired) electrons. The first-order valence-electron chi connectivity index (χ1n) is 5.48. The van der Waals surface area contributed by atoms with Crippen LogP contribution >= 0.6 is 11.3 Å². The van der Waals surface area contributed by atoms with Crippen LogP contribution in [0, 0.1) is 13.8 Å². The highest BCUT2D eigenvalue weighted by Gasteiger charge is 2.14. The van der Waals surface area contributed by atoms with E-state index in [1.165, 1.54) is 22.5 Å². The molecule has 3 heteroatoms. The first-order chi connectivity index (χ1) is 8.08. The van der Waals surface area contributed by atoms with E-state index < -0.39 is 0 Å². The molecule has 2 aromatic rings. The Morgan fingerprint density at radius 3 is 2.35 bits per heavy atom. The van der Waals surface area contributed by atoms with Gasteiger partial charge >= 0.3 is 0 Å². The van der Waals surface area contributed by atoms with Gasteiger partial charge in [0.2, 0.25) is 0 Å². The average molecular weight is 245 g/mol. The summed E-state index contributed by atoms with van der Waals surface area (Å²) in [5.74, 6) is 0.0463. The lowest BCUT2D eigenvalue weighted by Crippen LogP contribution is -2.25. The summed E-state index contributed by atoms with van der Waals surface area (Å²) < 4.78 is 0. The van der Waals surface area contributed by atoms with E-state index in [0.717, 1.165) is 10.6 Å². The van der Waals surface area contributed by atoms with Crippen LogP contribution in [0.5, 0.6) is 0 Å². The van der Waals surface area contributed by atoms with Gasteiger partial charge in [0.05, 0.1) is 4.88 Å². The van der Waals surface area contributed by atoms with E-state index in [1.807, 2.05) is 50.5 Å². The van der Waals surface area contributed by atoms with Gasteiger partial charge in [-0.2, -0.15) is 0 Å². The van der Waals surface area contributed by atoms with Crippen molar-refractivity contribution in [1.82, 2.24) is 0 Å². The number of carbonyl (C=O) groups excluding carboxylic acids is 1. The summed E-state index contributed by atoms with van der Waals surface area (Å²) in [5.41, 5.74) is 3.29. The lowest BCUT2D eigenvalue weighted by atomic mass is 10.1. The zero-order chi connectivity index (χ0) is 12.4. The third kappa shape index (κ3) is 2.56. The monoisotopic (exact) mass is 245 g/mol. The van der Waals surface area contributed by atoms with Crippen LogP contribution in [0.2, 0.25) is 0 Å². The molecule has 0 unspecified atom stereocenters. The molecule has 0 bridgehead atoms. The third-order valence-electron chi connectivity index (χ3n) is 2.63. The summed E-state index contributed by atoms with van der Waals surface area (Å²) in [5, 5.41) is 1.92. The van der Waals surface area contributed by atoms with Crippen molar-refractivity contribution in [2.45, 2.75) is 13.8 Å². The summed E-state index contributed by atoms with van der Waals surface area (Å²) >= 11 is 1.47. The highest BCUT2D eigenvalue weighted by molar-refractivity contribution is 7.12. The van der Waals surface area contributed by atoms with Crippen molar-refractivity contribution in [3.63, 3.8) is 0 Å². The molecule has 0 saturated heterocycles. The molecule has 0 aliphatic carbocycles. The second kappa shape index (κ2) is 4.72. The van der Waals surface area contributed by atoms with E-state index in [0.29, 0.717) is 0 Å². The average Bonchev–Trinajstić information content (AvgIpc) is 2.79. The molecule has 17 heavy (non-hydrogen) atoms. The predicted octanol–water partition coefficient (Wildman–Crippen LogP) is 3.64. The number of amides is 1. The van der Waals surface area contributed by atoms with E-state index in [1.54, 1.807) is 4.90 Å². The Hall–Kier alpha value is -1.61. The summed E-state index contributed by atoms with van der Waals surface area (Å²) in [6.45, 7) is 4.08. The van der Waals surface area contributed by atoms with Crippen LogP contribution in [0.15, 0.2) is 35.7 Å². The Balaban J connectivity index is 2.31. The van der Waals surface area contributed by atoms with Crippen molar-refractivity contribution in [1.29, 1.82) is 0 Å². The summed E-state index contributed by atoms with van der Waals surface area (Å²) in [6, 6.07) is 9.91. The maximum atomic E-state index is 12.2. The first kappa shape index (κ1) is 11.9. The van der Waals surface area contributed by atoms with E-state index in [4.69, 9.17) is 0 Å². The quantitative estimate of drug-likeness (QED) is 0.791. The molecular formula is C14H15NOS. The van der Waals surface area contributed by atoms with Gasteiger partial charge in [0.25, 0.3) is 5.91 Å². The highest BCUT2D eigenvalue weighted by Crippen LogP contribution is 2.21. The molecule has 88 valence electrons. The fourth-order valence-electron chi connectivity index (χ4n) is 1.83. The molecule has 0 atom stereocenters. The van der Waals surface area contributed by atoms with Crippen molar-refractivity contribution in [2.75, 3.05) is 11.9 Å². The number of nitrogens with zero attached hydrogens (tertiary/aromatic N) is 1. The fourth-order valence-corrected chi connectivity index (χ4v) is 2.53. The number of carbonyl (C=O) groups is 1. The van der Waals surface area contributed by atoms with Gasteiger partial charge in [-0.25, -0.2) is 0 Å². The maximum absolute atomic E-state index is 12.2. The number of thiophene rings is 1. The Kier molecular flexibility index (Phi) is 3.29. The molecule has 0 N–H and O–H groups in total. The van der Waals surface area contributed by atoms with E-state index in [2.05, 4.69) is 6.07 Å². The molecule has 0 aliphatic heterocycles. The van der Waals surface area contributed by atoms with E-state index >= 15 is 0 Å². The van der Waals surface area contributed by atoms with Gasteiger partial charge in [-0.05, 0) is 48.6 Å². The van der Waals surface area contributed by atoms with Crippen molar-refractivity contribution in [3.8, 4) is 0 Å². The van der Waals surface area contributed by atoms with Gasteiger partial charge in [-0.15, -0.1) is 11.3 Å². The molecule has 1 aromatic carbocycles. The van der Waals surface area contributed by atoms with Gasteiger partial charge in [0.1, 0.15) is 0 Å². The van der Waals surface area contributed by atoms with Crippen LogP contribution in [0.4, 0.5) is 5.69 Å². The second-order valence-corrected chi connectivity index (χ2v) is 5.14. The van der Waals surface area contributed by atoms with Crippen molar-refractivity contribution < 1.29 is 4.79 Å². The van der Waals surface area contributed by atoms with Gasteiger partial charge in [-0.3, -0.25) is 4.79 Å². The normalized spacial score (nSPS) is 10.3. The number of hydrogen-bond acceptors (Lipinski definition) is 2. The van der Waals surface area contributed by atoms with Crippen molar-refractivity contribution in [3.05, 3.63) is 51.7 Å². The molecule has 1 heterocycles. The maximum Gasteiger partial charge on any atom is 0.268 e. The third-order valence-corrected chi connectivity index (χ3v) is 3.49. The van der Waals surface area contributed by atoms with E-state index in [-0.39, 0.29) is 5.91 Å². The smallest absolute Gasteiger partial charge is 0.268 e. The molecule has 0 spiro atoms. The number of benzene rings is 1. The first-order valence-corrected chi connectivity index (χ1v) is 6.36.